The lowest BCUT2D eigenvalue weighted by molar-refractivity contribution is -0.113. The van der Waals surface area contributed by atoms with Gasteiger partial charge in [-0.25, -0.2) is 4.79 Å². The highest BCUT2D eigenvalue weighted by Gasteiger charge is 2.13. The lowest BCUT2D eigenvalue weighted by Gasteiger charge is -2.09. The fourth-order valence-electron chi connectivity index (χ4n) is 1.31. The monoisotopic (exact) mass is 280 g/mol. The lowest BCUT2D eigenvalue weighted by Crippen LogP contribution is -2.16. The molecule has 0 saturated heterocycles. The van der Waals surface area contributed by atoms with E-state index in [1.165, 1.54) is 19.2 Å². The number of carbonyl (C=O) groups excluding carboxylic acids is 1. The van der Waals surface area contributed by atoms with Gasteiger partial charge in [-0.2, -0.15) is 5.26 Å². The minimum atomic E-state index is -1.15. The second kappa shape index (κ2) is 7.28. The zero-order chi connectivity index (χ0) is 14.3. The summed E-state index contributed by atoms with van der Waals surface area (Å²) < 4.78 is 4.93. The number of rotatable bonds is 6. The molecule has 0 aliphatic rings. The van der Waals surface area contributed by atoms with E-state index < -0.39 is 5.97 Å². The summed E-state index contributed by atoms with van der Waals surface area (Å²) in [6.07, 6.45) is 0. The lowest BCUT2D eigenvalue weighted by atomic mass is 10.1. The highest BCUT2D eigenvalue weighted by Crippen LogP contribution is 2.22. The van der Waals surface area contributed by atoms with E-state index in [0.29, 0.717) is 5.75 Å². The standard InChI is InChI=1S/C12H12N2O4S/c1-18-8-2-3-10(9(6-8)12(16)17)14-11(15)7-19-5-4-13/h2-3,6H,5,7H2,1H3,(H,14,15)(H,16,17). The normalized spacial score (nSPS) is 9.47. The molecule has 0 atom stereocenters. The fourth-order valence-corrected chi connectivity index (χ4v) is 1.76. The van der Waals surface area contributed by atoms with Crippen molar-refractivity contribution in [1.82, 2.24) is 0 Å². The highest BCUT2D eigenvalue weighted by atomic mass is 32.2. The Balaban J connectivity index is 2.80. The molecule has 1 amide bonds. The Bertz CT molecular complexity index is 525. The molecule has 2 N–H and O–H groups in total. The molecule has 19 heavy (non-hydrogen) atoms. The van der Waals surface area contributed by atoms with E-state index >= 15 is 0 Å². The summed E-state index contributed by atoms with van der Waals surface area (Å²) in [5.74, 6) is -0.804. The molecule has 0 fully saturated rings. The van der Waals surface area contributed by atoms with Crippen molar-refractivity contribution in [3.05, 3.63) is 23.8 Å². The van der Waals surface area contributed by atoms with Crippen molar-refractivity contribution in [2.24, 2.45) is 0 Å². The predicted molar refractivity (Wildman–Crippen MR) is 71.5 cm³/mol. The van der Waals surface area contributed by atoms with Crippen molar-refractivity contribution in [3.63, 3.8) is 0 Å². The molecule has 0 radical (unpaired) electrons. The van der Waals surface area contributed by atoms with E-state index in [1.807, 2.05) is 6.07 Å². The number of thioether (sulfide) groups is 1. The van der Waals surface area contributed by atoms with E-state index in [1.54, 1.807) is 6.07 Å². The Hall–Kier alpha value is -2.20. The van der Waals surface area contributed by atoms with Gasteiger partial charge < -0.3 is 15.2 Å². The van der Waals surface area contributed by atoms with Gasteiger partial charge in [-0.3, -0.25) is 4.79 Å². The predicted octanol–water partition coefficient (Wildman–Crippen LogP) is 1.59. The summed E-state index contributed by atoms with van der Waals surface area (Å²) in [6, 6.07) is 6.27. The zero-order valence-corrected chi connectivity index (χ0v) is 11.0. The van der Waals surface area contributed by atoms with E-state index in [2.05, 4.69) is 5.32 Å². The number of benzene rings is 1. The first-order valence-electron chi connectivity index (χ1n) is 5.24. The van der Waals surface area contributed by atoms with Gasteiger partial charge in [-0.05, 0) is 18.2 Å². The first-order valence-corrected chi connectivity index (χ1v) is 6.40. The van der Waals surface area contributed by atoms with Gasteiger partial charge in [-0.1, -0.05) is 0 Å². The number of amides is 1. The van der Waals surface area contributed by atoms with Gasteiger partial charge in [0.05, 0.1) is 35.9 Å². The number of nitrogens with one attached hydrogen (secondary N) is 1. The molecule has 1 aromatic carbocycles. The van der Waals surface area contributed by atoms with Crippen LogP contribution < -0.4 is 10.1 Å². The van der Waals surface area contributed by atoms with Gasteiger partial charge in [0.25, 0.3) is 0 Å². The molecule has 1 rings (SSSR count). The minimum absolute atomic E-state index is 0.0435. The van der Waals surface area contributed by atoms with Gasteiger partial charge in [0.15, 0.2) is 0 Å². The molecule has 6 nitrogen and oxygen atoms in total. The summed E-state index contributed by atoms with van der Waals surface area (Å²) in [6.45, 7) is 0. The molecule has 100 valence electrons. The number of carbonyl (C=O) groups is 2. The Morgan fingerprint density at radius 1 is 1.53 bits per heavy atom. The molecule has 0 bridgehead atoms. The average molecular weight is 280 g/mol. The second-order valence-electron chi connectivity index (χ2n) is 3.42. The Morgan fingerprint density at radius 2 is 2.26 bits per heavy atom. The van der Waals surface area contributed by atoms with Gasteiger partial charge in [0, 0.05) is 0 Å². The Kier molecular flexibility index (Phi) is 5.70. The van der Waals surface area contributed by atoms with Gasteiger partial charge >= 0.3 is 5.97 Å². The van der Waals surface area contributed by atoms with Crippen LogP contribution in [-0.4, -0.2) is 35.6 Å². The first kappa shape index (κ1) is 14.9. The molecule has 0 heterocycles. The van der Waals surface area contributed by atoms with E-state index in [9.17, 15) is 9.59 Å². The van der Waals surface area contributed by atoms with Crippen LogP contribution in [0.3, 0.4) is 0 Å². The second-order valence-corrected chi connectivity index (χ2v) is 4.40. The topological polar surface area (TPSA) is 99.4 Å². The van der Waals surface area contributed by atoms with Crippen LogP contribution in [0.15, 0.2) is 18.2 Å². The van der Waals surface area contributed by atoms with Gasteiger partial charge in [0.2, 0.25) is 5.91 Å². The molecule has 1 aromatic rings. The number of carboxylic acids is 1. The first-order chi connectivity index (χ1) is 9.08. The maximum atomic E-state index is 11.6. The summed E-state index contributed by atoms with van der Waals surface area (Å²) in [7, 11) is 1.43. The molecule has 0 spiro atoms. The maximum Gasteiger partial charge on any atom is 0.337 e. The average Bonchev–Trinajstić information content (AvgIpc) is 2.39. The van der Waals surface area contributed by atoms with Crippen LogP contribution in [0, 0.1) is 11.3 Å². The molecule has 0 aliphatic heterocycles. The largest absolute Gasteiger partial charge is 0.497 e. The molecule has 0 aliphatic carbocycles. The molecular weight excluding hydrogens is 268 g/mol. The van der Waals surface area contributed by atoms with Crippen LogP contribution in [0.1, 0.15) is 10.4 Å². The number of carboxylic acid groups (broad SMARTS) is 1. The van der Waals surface area contributed by atoms with Gasteiger partial charge in [0.1, 0.15) is 5.75 Å². The third kappa shape index (κ3) is 4.52. The number of nitriles is 1. The minimum Gasteiger partial charge on any atom is -0.497 e. The Labute approximate surface area is 114 Å². The van der Waals surface area contributed by atoms with Crippen LogP contribution in [0.5, 0.6) is 5.75 Å². The number of aromatic carboxylic acids is 1. The highest BCUT2D eigenvalue weighted by molar-refractivity contribution is 8.00. The van der Waals surface area contributed by atoms with Crippen molar-refractivity contribution >= 4 is 29.3 Å². The summed E-state index contributed by atoms with van der Waals surface area (Å²) in [5, 5.41) is 19.9. The summed E-state index contributed by atoms with van der Waals surface area (Å²) in [5.41, 5.74) is 0.161. The number of anilines is 1. The number of ether oxygens (including phenoxy) is 1. The Morgan fingerprint density at radius 3 is 2.84 bits per heavy atom. The maximum absolute atomic E-state index is 11.6. The van der Waals surface area contributed by atoms with E-state index in [0.717, 1.165) is 11.8 Å². The quantitative estimate of drug-likeness (QED) is 0.768. The van der Waals surface area contributed by atoms with E-state index in [-0.39, 0.29) is 28.7 Å². The van der Waals surface area contributed by atoms with Crippen molar-refractivity contribution in [2.45, 2.75) is 0 Å². The van der Waals surface area contributed by atoms with Crippen molar-refractivity contribution in [1.29, 1.82) is 5.26 Å². The van der Waals surface area contributed by atoms with Crippen molar-refractivity contribution in [2.75, 3.05) is 23.9 Å². The number of hydrogen-bond donors (Lipinski definition) is 2. The van der Waals surface area contributed by atoms with Gasteiger partial charge in [-0.15, -0.1) is 11.8 Å². The molecule has 7 heteroatoms. The smallest absolute Gasteiger partial charge is 0.337 e. The molecule has 0 saturated carbocycles. The molecule has 0 aromatic heterocycles. The van der Waals surface area contributed by atoms with Crippen LogP contribution in [0.4, 0.5) is 5.69 Å². The van der Waals surface area contributed by atoms with Crippen LogP contribution in [0.2, 0.25) is 0 Å². The third-order valence-electron chi connectivity index (χ3n) is 2.13. The molecule has 0 unspecified atom stereocenters. The number of nitrogens with zero attached hydrogens (tertiary/aromatic N) is 1. The summed E-state index contributed by atoms with van der Waals surface area (Å²) in [4.78, 5) is 22.6. The fraction of sp³-hybridized carbons (Fsp3) is 0.250. The SMILES string of the molecule is COc1ccc(NC(=O)CSCC#N)c(C(=O)O)c1. The van der Waals surface area contributed by atoms with Crippen LogP contribution >= 0.6 is 11.8 Å². The van der Waals surface area contributed by atoms with Crippen molar-refractivity contribution in [3.8, 4) is 11.8 Å². The van der Waals surface area contributed by atoms with Crippen LogP contribution in [-0.2, 0) is 4.79 Å². The zero-order valence-electron chi connectivity index (χ0n) is 10.2. The third-order valence-corrected chi connectivity index (χ3v) is 2.93. The number of methoxy groups -OCH3 is 1. The molecular formula is C12H12N2O4S. The summed E-state index contributed by atoms with van der Waals surface area (Å²) >= 11 is 1.16. The number of hydrogen-bond acceptors (Lipinski definition) is 5. The van der Waals surface area contributed by atoms with Crippen molar-refractivity contribution < 1.29 is 19.4 Å². The van der Waals surface area contributed by atoms with E-state index in [4.69, 9.17) is 15.1 Å². The van der Waals surface area contributed by atoms with Crippen LogP contribution in [0.25, 0.3) is 0 Å².